The number of anilines is 1. The van der Waals surface area contributed by atoms with E-state index in [0.717, 1.165) is 30.2 Å². The largest absolute Gasteiger partial charge is 0.390 e. The molecule has 0 unspecified atom stereocenters. The molecular formula is C30H31F2N3O4S2. The zero-order valence-electron chi connectivity index (χ0n) is 22.3. The molecule has 1 amide bonds. The molecule has 0 bridgehead atoms. The molecule has 2 atom stereocenters. The number of rotatable bonds is 13. The highest BCUT2D eigenvalue weighted by Crippen LogP contribution is 2.20. The monoisotopic (exact) mass is 599 g/mol. The first kappa shape index (κ1) is 30.3. The summed E-state index contributed by atoms with van der Waals surface area (Å²) in [5, 5.41) is 20.1. The van der Waals surface area contributed by atoms with E-state index in [1.54, 1.807) is 5.38 Å². The Kier molecular flexibility index (Phi) is 10.2. The quantitative estimate of drug-likeness (QED) is 0.175. The molecule has 1 aromatic heterocycles. The third-order valence-electron chi connectivity index (χ3n) is 6.42. The molecule has 0 spiro atoms. The lowest BCUT2D eigenvalue weighted by atomic mass is 10.00. The van der Waals surface area contributed by atoms with Crippen LogP contribution >= 0.6 is 11.3 Å². The molecule has 0 saturated carbocycles. The van der Waals surface area contributed by atoms with Gasteiger partial charge in [0.1, 0.15) is 11.6 Å². The first-order chi connectivity index (χ1) is 19.6. The standard InChI is InChI=1S/C30H31F2N3O4S2/c1-2-20-5-3-6-21(11-20)17-33-18-29(36)28(14-22-12-24(31)16-25(32)13-22)34-30(37)23-7-4-8-26(15-23)35-41(38,39)27-9-10-40-19-27/h3-13,15-16,19,28-29,33,35-36H,2,14,17-18H2,1H3,(H,34,37)/t28-,29-/m0/s1. The van der Waals surface area contributed by atoms with Gasteiger partial charge in [0.05, 0.1) is 17.0 Å². The van der Waals surface area contributed by atoms with E-state index in [-0.39, 0.29) is 34.7 Å². The van der Waals surface area contributed by atoms with Crippen molar-refractivity contribution in [3.8, 4) is 0 Å². The summed E-state index contributed by atoms with van der Waals surface area (Å²) in [4.78, 5) is 13.3. The van der Waals surface area contributed by atoms with Crippen LogP contribution in [0.4, 0.5) is 14.5 Å². The number of nitrogens with one attached hydrogen (secondary N) is 3. The Hall–Kier alpha value is -3.64. The van der Waals surface area contributed by atoms with Gasteiger partial charge < -0.3 is 15.7 Å². The number of hydrogen-bond donors (Lipinski definition) is 4. The number of hydrogen-bond acceptors (Lipinski definition) is 6. The SMILES string of the molecule is CCc1cccc(CNC[C@H](O)[C@H](Cc2cc(F)cc(F)c2)NC(=O)c2cccc(NS(=O)(=O)c3ccsc3)c2)c1. The Bertz CT molecular complexity index is 1560. The summed E-state index contributed by atoms with van der Waals surface area (Å²) in [6.45, 7) is 2.64. The van der Waals surface area contributed by atoms with Crippen molar-refractivity contribution in [1.29, 1.82) is 0 Å². The summed E-state index contributed by atoms with van der Waals surface area (Å²) in [5.74, 6) is -2.11. The van der Waals surface area contributed by atoms with E-state index in [4.69, 9.17) is 0 Å². The Morgan fingerprint density at radius 3 is 2.39 bits per heavy atom. The van der Waals surface area contributed by atoms with Gasteiger partial charge in [-0.2, -0.15) is 11.3 Å². The maximum Gasteiger partial charge on any atom is 0.262 e. The molecule has 0 aliphatic rings. The maximum absolute atomic E-state index is 13.9. The average molecular weight is 600 g/mol. The van der Waals surface area contributed by atoms with Gasteiger partial charge in [0.2, 0.25) is 0 Å². The highest BCUT2D eigenvalue weighted by atomic mass is 32.2. The lowest BCUT2D eigenvalue weighted by Gasteiger charge is -2.25. The van der Waals surface area contributed by atoms with Gasteiger partial charge in [-0.15, -0.1) is 0 Å². The predicted molar refractivity (Wildman–Crippen MR) is 156 cm³/mol. The number of benzene rings is 3. The van der Waals surface area contributed by atoms with Crippen LogP contribution in [0.15, 0.2) is 88.5 Å². The highest BCUT2D eigenvalue weighted by Gasteiger charge is 2.24. The van der Waals surface area contributed by atoms with Crippen LogP contribution in [0.1, 0.15) is 34.0 Å². The Morgan fingerprint density at radius 1 is 0.951 bits per heavy atom. The zero-order valence-corrected chi connectivity index (χ0v) is 23.9. The molecule has 0 fully saturated rings. The van der Waals surface area contributed by atoms with Crippen LogP contribution in [-0.2, 0) is 29.4 Å². The van der Waals surface area contributed by atoms with Crippen molar-refractivity contribution in [2.45, 2.75) is 43.4 Å². The van der Waals surface area contributed by atoms with Gasteiger partial charge in [0.25, 0.3) is 15.9 Å². The molecule has 7 nitrogen and oxygen atoms in total. The van der Waals surface area contributed by atoms with E-state index in [0.29, 0.717) is 6.54 Å². The first-order valence-corrected chi connectivity index (χ1v) is 15.4. The predicted octanol–water partition coefficient (Wildman–Crippen LogP) is 4.88. The van der Waals surface area contributed by atoms with E-state index in [9.17, 15) is 27.1 Å². The topological polar surface area (TPSA) is 108 Å². The van der Waals surface area contributed by atoms with E-state index in [1.165, 1.54) is 52.6 Å². The molecule has 4 N–H and O–H groups in total. The van der Waals surface area contributed by atoms with Crippen LogP contribution in [0.25, 0.3) is 0 Å². The fraction of sp³-hybridized carbons (Fsp3) is 0.233. The molecule has 3 aromatic carbocycles. The highest BCUT2D eigenvalue weighted by molar-refractivity contribution is 7.92. The molecule has 4 aromatic rings. The number of aryl methyl sites for hydroxylation is 1. The number of aliphatic hydroxyl groups is 1. The van der Waals surface area contributed by atoms with E-state index in [2.05, 4.69) is 28.3 Å². The summed E-state index contributed by atoms with van der Waals surface area (Å²) in [7, 11) is -3.83. The smallest absolute Gasteiger partial charge is 0.262 e. The lowest BCUT2D eigenvalue weighted by Crippen LogP contribution is -2.48. The zero-order chi connectivity index (χ0) is 29.4. The van der Waals surface area contributed by atoms with E-state index in [1.807, 2.05) is 18.2 Å². The van der Waals surface area contributed by atoms with Crippen molar-refractivity contribution in [2.24, 2.45) is 0 Å². The van der Waals surface area contributed by atoms with Crippen LogP contribution in [0.3, 0.4) is 0 Å². The van der Waals surface area contributed by atoms with Crippen molar-refractivity contribution in [3.05, 3.63) is 117 Å². The molecule has 0 saturated heterocycles. The first-order valence-electron chi connectivity index (χ1n) is 13.0. The van der Waals surface area contributed by atoms with Crippen molar-refractivity contribution in [3.63, 3.8) is 0 Å². The van der Waals surface area contributed by atoms with Crippen molar-refractivity contribution in [2.75, 3.05) is 11.3 Å². The number of thiophene rings is 1. The van der Waals surface area contributed by atoms with Crippen LogP contribution in [0, 0.1) is 11.6 Å². The summed E-state index contributed by atoms with van der Waals surface area (Å²) in [6, 6.07) is 17.6. The van der Waals surface area contributed by atoms with Gasteiger partial charge in [-0.3, -0.25) is 9.52 Å². The second-order valence-corrected chi connectivity index (χ2v) is 12.0. The minimum Gasteiger partial charge on any atom is -0.390 e. The minimum absolute atomic E-state index is 0.0426. The fourth-order valence-electron chi connectivity index (χ4n) is 4.33. The summed E-state index contributed by atoms with van der Waals surface area (Å²) in [5.41, 5.74) is 2.81. The molecule has 11 heteroatoms. The molecular weight excluding hydrogens is 568 g/mol. The number of aliphatic hydroxyl groups excluding tert-OH is 1. The van der Waals surface area contributed by atoms with Gasteiger partial charge in [-0.1, -0.05) is 37.3 Å². The molecule has 41 heavy (non-hydrogen) atoms. The van der Waals surface area contributed by atoms with E-state index >= 15 is 0 Å². The van der Waals surface area contributed by atoms with Crippen molar-refractivity contribution >= 4 is 33.0 Å². The van der Waals surface area contributed by atoms with Crippen LogP contribution < -0.4 is 15.4 Å². The second-order valence-electron chi connectivity index (χ2n) is 9.58. The maximum atomic E-state index is 13.9. The molecule has 1 heterocycles. The second kappa shape index (κ2) is 13.8. The number of halogens is 2. The number of amides is 1. The Balaban J connectivity index is 1.48. The minimum atomic E-state index is -3.83. The van der Waals surface area contributed by atoms with Crippen molar-refractivity contribution in [1.82, 2.24) is 10.6 Å². The Morgan fingerprint density at radius 2 is 1.68 bits per heavy atom. The number of sulfonamides is 1. The van der Waals surface area contributed by atoms with Gasteiger partial charge in [0, 0.05) is 35.8 Å². The molecule has 0 aliphatic carbocycles. The fourth-order valence-corrected chi connectivity index (χ4v) is 6.41. The third-order valence-corrected chi connectivity index (χ3v) is 8.63. The van der Waals surface area contributed by atoms with Crippen LogP contribution in [-0.4, -0.2) is 38.1 Å². The molecule has 216 valence electrons. The van der Waals surface area contributed by atoms with Gasteiger partial charge >= 0.3 is 0 Å². The van der Waals surface area contributed by atoms with Crippen LogP contribution in [0.5, 0.6) is 0 Å². The Labute approximate surface area is 242 Å². The third kappa shape index (κ3) is 8.67. The average Bonchev–Trinajstić information content (AvgIpc) is 3.49. The van der Waals surface area contributed by atoms with Crippen LogP contribution in [0.2, 0.25) is 0 Å². The molecule has 0 radical (unpaired) electrons. The van der Waals surface area contributed by atoms with Crippen molar-refractivity contribution < 1.29 is 27.1 Å². The summed E-state index contributed by atoms with van der Waals surface area (Å²) >= 11 is 1.24. The van der Waals surface area contributed by atoms with Gasteiger partial charge in [-0.05, 0) is 71.3 Å². The van der Waals surface area contributed by atoms with Gasteiger partial charge in [0.15, 0.2) is 0 Å². The summed E-state index contributed by atoms with van der Waals surface area (Å²) in [6.07, 6.45) is -0.260. The van der Waals surface area contributed by atoms with E-state index < -0.39 is 39.7 Å². The van der Waals surface area contributed by atoms with Gasteiger partial charge in [-0.25, -0.2) is 17.2 Å². The molecule has 0 aliphatic heterocycles. The normalized spacial score (nSPS) is 13.0. The number of carbonyl (C=O) groups is 1. The molecule has 4 rings (SSSR count). The number of carbonyl (C=O) groups excluding carboxylic acids is 1. The summed E-state index contributed by atoms with van der Waals surface area (Å²) < 4.78 is 55.4. The lowest BCUT2D eigenvalue weighted by molar-refractivity contribution is 0.0830.